The van der Waals surface area contributed by atoms with E-state index in [0.29, 0.717) is 11.1 Å². The summed E-state index contributed by atoms with van der Waals surface area (Å²) in [6.45, 7) is 3.74. The highest BCUT2D eigenvalue weighted by Crippen LogP contribution is 2.20. The molecule has 0 atom stereocenters. The Bertz CT molecular complexity index is 1050. The summed E-state index contributed by atoms with van der Waals surface area (Å²) in [6.07, 6.45) is 0. The van der Waals surface area contributed by atoms with Crippen LogP contribution in [0.1, 0.15) is 30.2 Å². The molecule has 1 aromatic heterocycles. The van der Waals surface area contributed by atoms with Gasteiger partial charge in [-0.3, -0.25) is 9.59 Å². The average Bonchev–Trinajstić information content (AvgIpc) is 3.06. The van der Waals surface area contributed by atoms with Crippen LogP contribution in [0.25, 0.3) is 11.0 Å². The van der Waals surface area contributed by atoms with Gasteiger partial charge in [0.25, 0.3) is 5.91 Å². The Morgan fingerprint density at radius 2 is 2.00 bits per heavy atom. The number of rotatable bonds is 5. The molecule has 0 aliphatic carbocycles. The second-order valence-electron chi connectivity index (χ2n) is 6.66. The van der Waals surface area contributed by atoms with Gasteiger partial charge in [-0.15, -0.1) is 5.10 Å². The number of nitrogens with one attached hydrogen (secondary N) is 1. The molecule has 3 aromatic rings. The van der Waals surface area contributed by atoms with Crippen molar-refractivity contribution in [2.24, 2.45) is 0 Å². The van der Waals surface area contributed by atoms with E-state index in [-0.39, 0.29) is 29.2 Å². The molecule has 0 radical (unpaired) electrons. The lowest BCUT2D eigenvalue weighted by molar-refractivity contribution is -0.116. The minimum absolute atomic E-state index is 0.00182. The van der Waals surface area contributed by atoms with Crippen molar-refractivity contribution in [3.8, 4) is 0 Å². The quantitative estimate of drug-likeness (QED) is 0.706. The van der Waals surface area contributed by atoms with E-state index in [1.54, 1.807) is 22.9 Å². The number of likely N-dealkylation sites (N-methyl/N-ethyl adjacent to an activating group) is 1. The van der Waals surface area contributed by atoms with Gasteiger partial charge in [-0.25, -0.2) is 9.07 Å². The molecule has 7 nitrogen and oxygen atoms in total. The highest BCUT2D eigenvalue weighted by molar-refractivity contribution is 6.30. The number of carbonyl (C=O) groups excluding carboxylic acids is 2. The van der Waals surface area contributed by atoms with Gasteiger partial charge in [0.2, 0.25) is 5.91 Å². The van der Waals surface area contributed by atoms with E-state index in [9.17, 15) is 14.0 Å². The molecule has 1 N–H and O–H groups in total. The van der Waals surface area contributed by atoms with E-state index in [2.05, 4.69) is 15.6 Å². The van der Waals surface area contributed by atoms with Gasteiger partial charge in [0, 0.05) is 23.7 Å². The van der Waals surface area contributed by atoms with Crippen LogP contribution in [0.5, 0.6) is 0 Å². The number of nitrogens with zero attached hydrogens (tertiary/aromatic N) is 4. The number of amides is 2. The van der Waals surface area contributed by atoms with Gasteiger partial charge in [-0.2, -0.15) is 0 Å². The summed E-state index contributed by atoms with van der Waals surface area (Å²) < 4.78 is 15.5. The maximum absolute atomic E-state index is 13.8. The third kappa shape index (κ3) is 4.12. The molecule has 0 unspecified atom stereocenters. The maximum Gasteiger partial charge on any atom is 0.254 e. The SMILES string of the molecule is CC(C)n1nnc2cc(C(=O)N(C)CC(=O)Nc3ccc(Cl)cc3F)ccc21. The number of fused-ring (bicyclic) bond motifs is 1. The van der Waals surface area contributed by atoms with Crippen LogP contribution in [0.2, 0.25) is 5.02 Å². The Balaban J connectivity index is 1.70. The highest BCUT2D eigenvalue weighted by atomic mass is 35.5. The third-order valence-electron chi connectivity index (χ3n) is 4.14. The predicted octanol–water partition coefficient (Wildman–Crippen LogP) is 3.52. The van der Waals surface area contributed by atoms with Crippen molar-refractivity contribution in [3.05, 3.63) is 52.8 Å². The second-order valence-corrected chi connectivity index (χ2v) is 7.10. The molecule has 0 aliphatic rings. The zero-order valence-electron chi connectivity index (χ0n) is 15.6. The number of aromatic nitrogens is 3. The van der Waals surface area contributed by atoms with Crippen molar-refractivity contribution in [2.75, 3.05) is 18.9 Å². The van der Waals surface area contributed by atoms with Crippen LogP contribution in [0, 0.1) is 5.82 Å². The number of hydrogen-bond donors (Lipinski definition) is 1. The first-order valence-corrected chi connectivity index (χ1v) is 8.99. The van der Waals surface area contributed by atoms with Gasteiger partial charge in [0.15, 0.2) is 0 Å². The fourth-order valence-corrected chi connectivity index (χ4v) is 2.90. The van der Waals surface area contributed by atoms with Crippen LogP contribution >= 0.6 is 11.6 Å². The second kappa shape index (κ2) is 7.93. The first-order chi connectivity index (χ1) is 13.3. The van der Waals surface area contributed by atoms with Gasteiger partial charge in [-0.1, -0.05) is 16.8 Å². The summed E-state index contributed by atoms with van der Waals surface area (Å²) in [5, 5.41) is 10.8. The number of anilines is 1. The lowest BCUT2D eigenvalue weighted by Crippen LogP contribution is -2.35. The summed E-state index contributed by atoms with van der Waals surface area (Å²) in [6, 6.07) is 9.16. The largest absolute Gasteiger partial charge is 0.332 e. The van der Waals surface area contributed by atoms with E-state index in [0.717, 1.165) is 11.6 Å². The molecule has 9 heteroatoms. The van der Waals surface area contributed by atoms with Crippen LogP contribution in [0.4, 0.5) is 10.1 Å². The van der Waals surface area contributed by atoms with Crippen molar-refractivity contribution >= 4 is 40.1 Å². The molecule has 0 aliphatic heterocycles. The van der Waals surface area contributed by atoms with Gasteiger partial charge < -0.3 is 10.2 Å². The Labute approximate surface area is 166 Å². The molecule has 146 valence electrons. The topological polar surface area (TPSA) is 80.1 Å². The zero-order chi connectivity index (χ0) is 20.4. The van der Waals surface area contributed by atoms with Crippen LogP contribution in [-0.2, 0) is 4.79 Å². The minimum Gasteiger partial charge on any atom is -0.332 e. The summed E-state index contributed by atoms with van der Waals surface area (Å²) in [5.41, 5.74) is 1.81. The summed E-state index contributed by atoms with van der Waals surface area (Å²) in [5.74, 6) is -1.52. The predicted molar refractivity (Wildman–Crippen MR) is 105 cm³/mol. The molecule has 2 amide bonds. The number of hydrogen-bond acceptors (Lipinski definition) is 4. The van der Waals surface area contributed by atoms with Crippen LogP contribution in [0.15, 0.2) is 36.4 Å². The minimum atomic E-state index is -0.645. The Morgan fingerprint density at radius 1 is 1.25 bits per heavy atom. The summed E-state index contributed by atoms with van der Waals surface area (Å²) >= 11 is 5.69. The summed E-state index contributed by atoms with van der Waals surface area (Å²) in [4.78, 5) is 26.0. The van der Waals surface area contributed by atoms with Crippen molar-refractivity contribution < 1.29 is 14.0 Å². The lowest BCUT2D eigenvalue weighted by Gasteiger charge is -2.17. The molecule has 0 saturated heterocycles. The molecule has 0 bridgehead atoms. The van der Waals surface area contributed by atoms with Gasteiger partial charge >= 0.3 is 0 Å². The highest BCUT2D eigenvalue weighted by Gasteiger charge is 2.18. The van der Waals surface area contributed by atoms with E-state index in [1.165, 1.54) is 24.1 Å². The van der Waals surface area contributed by atoms with Crippen LogP contribution < -0.4 is 5.32 Å². The van der Waals surface area contributed by atoms with Crippen molar-refractivity contribution in [3.63, 3.8) is 0 Å². The fourth-order valence-electron chi connectivity index (χ4n) is 2.74. The Hall–Kier alpha value is -3.00. The molecule has 0 spiro atoms. The van der Waals surface area contributed by atoms with E-state index in [1.807, 2.05) is 13.8 Å². The van der Waals surface area contributed by atoms with Gasteiger partial charge in [-0.05, 0) is 50.2 Å². The molecule has 0 fully saturated rings. The molecule has 3 rings (SSSR count). The smallest absolute Gasteiger partial charge is 0.254 e. The first-order valence-electron chi connectivity index (χ1n) is 8.61. The van der Waals surface area contributed by atoms with Crippen molar-refractivity contribution in [1.82, 2.24) is 19.9 Å². The molecule has 0 saturated carbocycles. The molecular formula is C19H19ClFN5O2. The maximum atomic E-state index is 13.8. The van der Waals surface area contributed by atoms with Gasteiger partial charge in [0.1, 0.15) is 11.3 Å². The van der Waals surface area contributed by atoms with E-state index >= 15 is 0 Å². The average molecular weight is 404 g/mol. The molecule has 1 heterocycles. The normalized spacial score (nSPS) is 11.1. The van der Waals surface area contributed by atoms with E-state index in [4.69, 9.17) is 11.6 Å². The standard InChI is InChI=1S/C19H19ClFN5O2/c1-11(2)26-17-7-4-12(8-16(17)23-24-26)19(28)25(3)10-18(27)22-15-6-5-13(20)9-14(15)21/h4-9,11H,10H2,1-3H3,(H,22,27). The van der Waals surface area contributed by atoms with Crippen molar-refractivity contribution in [2.45, 2.75) is 19.9 Å². The zero-order valence-corrected chi connectivity index (χ0v) is 16.4. The van der Waals surface area contributed by atoms with E-state index < -0.39 is 11.7 Å². The monoisotopic (exact) mass is 403 g/mol. The third-order valence-corrected chi connectivity index (χ3v) is 4.37. The Morgan fingerprint density at radius 3 is 2.68 bits per heavy atom. The van der Waals surface area contributed by atoms with Crippen LogP contribution in [0.3, 0.4) is 0 Å². The lowest BCUT2D eigenvalue weighted by atomic mass is 10.1. The number of carbonyl (C=O) groups is 2. The molecule has 28 heavy (non-hydrogen) atoms. The number of halogens is 2. The summed E-state index contributed by atoms with van der Waals surface area (Å²) in [7, 11) is 1.50. The molecular weight excluding hydrogens is 385 g/mol. The van der Waals surface area contributed by atoms with Crippen LogP contribution in [-0.4, -0.2) is 45.3 Å². The molecule has 2 aromatic carbocycles. The van der Waals surface area contributed by atoms with Gasteiger partial charge in [0.05, 0.1) is 17.7 Å². The first kappa shape index (κ1) is 19.8. The Kier molecular flexibility index (Phi) is 5.60. The fraction of sp³-hybridized carbons (Fsp3) is 0.263. The number of benzene rings is 2. The van der Waals surface area contributed by atoms with Crippen molar-refractivity contribution in [1.29, 1.82) is 0 Å².